The van der Waals surface area contributed by atoms with Crippen molar-refractivity contribution in [2.75, 3.05) is 13.1 Å². The van der Waals surface area contributed by atoms with E-state index in [1.807, 2.05) is 73.3 Å². The first-order valence-corrected chi connectivity index (χ1v) is 12.7. The number of imidazole rings is 1. The molecular formula is C28H29N7O2. The van der Waals surface area contributed by atoms with Crippen molar-refractivity contribution < 1.29 is 9.53 Å². The molecule has 1 aliphatic heterocycles. The quantitative estimate of drug-likeness (QED) is 0.350. The molecule has 37 heavy (non-hydrogen) atoms. The minimum absolute atomic E-state index is 0.133. The number of para-hydroxylation sites is 3. The zero-order valence-corrected chi connectivity index (χ0v) is 21.0. The van der Waals surface area contributed by atoms with Crippen LogP contribution in [0.15, 0.2) is 60.7 Å². The van der Waals surface area contributed by atoms with Crippen molar-refractivity contribution in [2.24, 2.45) is 5.92 Å². The highest BCUT2D eigenvalue weighted by molar-refractivity contribution is 5.91. The van der Waals surface area contributed by atoms with E-state index in [-0.39, 0.29) is 11.7 Å². The van der Waals surface area contributed by atoms with Gasteiger partial charge in [0.25, 0.3) is 11.7 Å². The van der Waals surface area contributed by atoms with Gasteiger partial charge in [-0.3, -0.25) is 4.79 Å². The molecule has 2 aromatic carbocycles. The van der Waals surface area contributed by atoms with Gasteiger partial charge in [0.2, 0.25) is 5.82 Å². The van der Waals surface area contributed by atoms with Crippen LogP contribution in [0.3, 0.4) is 0 Å². The van der Waals surface area contributed by atoms with E-state index in [9.17, 15) is 4.79 Å². The lowest BCUT2D eigenvalue weighted by Gasteiger charge is -2.31. The first-order valence-electron chi connectivity index (χ1n) is 12.7. The molecule has 0 atom stereocenters. The van der Waals surface area contributed by atoms with Gasteiger partial charge in [-0.15, -0.1) is 5.10 Å². The molecule has 1 aliphatic rings. The number of carbonyl (C=O) groups is 1. The molecule has 1 saturated heterocycles. The second-order valence-corrected chi connectivity index (χ2v) is 9.65. The van der Waals surface area contributed by atoms with E-state index in [0.29, 0.717) is 31.4 Å². The molecule has 0 aliphatic carbocycles. The number of rotatable bonds is 6. The monoisotopic (exact) mass is 495 g/mol. The van der Waals surface area contributed by atoms with Crippen molar-refractivity contribution in [3.8, 4) is 5.75 Å². The van der Waals surface area contributed by atoms with Crippen LogP contribution < -0.4 is 4.74 Å². The van der Waals surface area contributed by atoms with Gasteiger partial charge in [-0.05, 0) is 62.9 Å². The second kappa shape index (κ2) is 9.65. The molecule has 0 saturated carbocycles. The van der Waals surface area contributed by atoms with Crippen LogP contribution in [0, 0.1) is 19.8 Å². The lowest BCUT2D eigenvalue weighted by Crippen LogP contribution is -2.40. The van der Waals surface area contributed by atoms with Gasteiger partial charge in [0, 0.05) is 31.0 Å². The molecule has 0 spiro atoms. The van der Waals surface area contributed by atoms with Crippen molar-refractivity contribution in [1.82, 2.24) is 34.0 Å². The summed E-state index contributed by atoms with van der Waals surface area (Å²) in [7, 11) is 0. The van der Waals surface area contributed by atoms with Crippen molar-refractivity contribution in [1.29, 1.82) is 0 Å². The van der Waals surface area contributed by atoms with E-state index in [2.05, 4.69) is 25.7 Å². The van der Waals surface area contributed by atoms with E-state index >= 15 is 0 Å². The van der Waals surface area contributed by atoms with Crippen LogP contribution in [-0.2, 0) is 13.2 Å². The molecule has 4 heterocycles. The average molecular weight is 496 g/mol. The molecule has 0 bridgehead atoms. The van der Waals surface area contributed by atoms with Crippen LogP contribution in [-0.4, -0.2) is 53.0 Å². The average Bonchev–Trinajstić information content (AvgIpc) is 3.50. The lowest BCUT2D eigenvalue weighted by molar-refractivity contribution is 0.0670. The zero-order valence-electron chi connectivity index (χ0n) is 21.0. The highest BCUT2D eigenvalue weighted by Gasteiger charge is 2.27. The molecule has 188 valence electrons. The Morgan fingerprint density at radius 2 is 1.73 bits per heavy atom. The number of aryl methyl sites for hydroxylation is 2. The molecule has 0 N–H and O–H groups in total. The van der Waals surface area contributed by atoms with Crippen LogP contribution in [0.4, 0.5) is 0 Å². The van der Waals surface area contributed by atoms with Gasteiger partial charge in [0.05, 0.1) is 11.0 Å². The summed E-state index contributed by atoms with van der Waals surface area (Å²) in [6, 6.07) is 20.0. The van der Waals surface area contributed by atoms with E-state index in [4.69, 9.17) is 9.72 Å². The summed E-state index contributed by atoms with van der Waals surface area (Å²) < 4.78 is 9.95. The fraction of sp³-hybridized carbons (Fsp3) is 0.321. The summed E-state index contributed by atoms with van der Waals surface area (Å²) in [6.07, 6.45) is 1.81. The third-order valence-electron chi connectivity index (χ3n) is 7.00. The summed E-state index contributed by atoms with van der Waals surface area (Å²) in [5.74, 6) is 2.71. The molecule has 6 rings (SSSR count). The standard InChI is InChI=1S/C28H29N7O2/c1-19-16-20(2)35-28(29-19)31-26(32-35)27(36)33-14-12-21(13-15-33)17-34-24-11-7-6-10-23(24)30-25(34)18-37-22-8-4-3-5-9-22/h3-11,16,21H,12-15,17-18H2,1-2H3. The van der Waals surface area contributed by atoms with Crippen LogP contribution in [0.2, 0.25) is 0 Å². The molecule has 9 nitrogen and oxygen atoms in total. The van der Waals surface area contributed by atoms with Gasteiger partial charge in [-0.25, -0.2) is 14.5 Å². The number of benzene rings is 2. The Bertz CT molecular complexity index is 1570. The number of aromatic nitrogens is 6. The van der Waals surface area contributed by atoms with Gasteiger partial charge < -0.3 is 14.2 Å². The molecule has 0 unspecified atom stereocenters. The van der Waals surface area contributed by atoms with E-state index in [1.165, 1.54) is 0 Å². The number of carbonyl (C=O) groups excluding carboxylic acids is 1. The Kier molecular flexibility index (Phi) is 6.04. The van der Waals surface area contributed by atoms with E-state index in [0.717, 1.165) is 53.4 Å². The Balaban J connectivity index is 1.15. The van der Waals surface area contributed by atoms with E-state index < -0.39 is 0 Å². The van der Waals surface area contributed by atoms with Gasteiger partial charge in [0.1, 0.15) is 18.2 Å². The largest absolute Gasteiger partial charge is 0.486 e. The number of amides is 1. The number of ether oxygens (including phenoxy) is 1. The van der Waals surface area contributed by atoms with Gasteiger partial charge in [-0.1, -0.05) is 30.3 Å². The summed E-state index contributed by atoms with van der Waals surface area (Å²) in [5, 5.41) is 4.43. The predicted octanol–water partition coefficient (Wildman–Crippen LogP) is 4.22. The minimum atomic E-state index is -0.133. The molecule has 0 radical (unpaired) electrons. The van der Waals surface area contributed by atoms with Crippen molar-refractivity contribution >= 4 is 22.7 Å². The highest BCUT2D eigenvalue weighted by Crippen LogP contribution is 2.25. The Labute approximate surface area is 214 Å². The lowest BCUT2D eigenvalue weighted by atomic mass is 9.96. The van der Waals surface area contributed by atoms with Crippen LogP contribution in [0.25, 0.3) is 16.8 Å². The van der Waals surface area contributed by atoms with Crippen LogP contribution >= 0.6 is 0 Å². The SMILES string of the molecule is Cc1cc(C)n2nc(C(=O)N3CCC(Cn4c(COc5ccccc5)nc5ccccc54)CC3)nc2n1. The molecule has 1 fully saturated rings. The molecule has 3 aromatic heterocycles. The van der Waals surface area contributed by atoms with Gasteiger partial charge in [-0.2, -0.15) is 4.98 Å². The predicted molar refractivity (Wildman–Crippen MR) is 139 cm³/mol. The summed E-state index contributed by atoms with van der Waals surface area (Å²) >= 11 is 0. The number of likely N-dealkylation sites (tertiary alicyclic amines) is 1. The summed E-state index contributed by atoms with van der Waals surface area (Å²) in [4.78, 5) is 28.7. The second-order valence-electron chi connectivity index (χ2n) is 9.65. The fourth-order valence-corrected chi connectivity index (χ4v) is 5.08. The highest BCUT2D eigenvalue weighted by atomic mass is 16.5. The number of fused-ring (bicyclic) bond motifs is 2. The maximum Gasteiger partial charge on any atom is 0.293 e. The zero-order chi connectivity index (χ0) is 25.4. The smallest absolute Gasteiger partial charge is 0.293 e. The Morgan fingerprint density at radius 3 is 2.54 bits per heavy atom. The van der Waals surface area contributed by atoms with Gasteiger partial charge >= 0.3 is 0 Å². The first kappa shape index (κ1) is 23.1. The topological polar surface area (TPSA) is 90.4 Å². The third kappa shape index (κ3) is 4.64. The molecular weight excluding hydrogens is 466 g/mol. The number of nitrogens with zero attached hydrogens (tertiary/aromatic N) is 7. The summed E-state index contributed by atoms with van der Waals surface area (Å²) in [6.45, 7) is 6.44. The van der Waals surface area contributed by atoms with Crippen LogP contribution in [0.1, 0.15) is 40.7 Å². The molecule has 1 amide bonds. The van der Waals surface area contributed by atoms with Crippen molar-refractivity contribution in [3.05, 3.63) is 83.7 Å². The van der Waals surface area contributed by atoms with E-state index in [1.54, 1.807) is 4.52 Å². The van der Waals surface area contributed by atoms with Crippen LogP contribution in [0.5, 0.6) is 5.75 Å². The van der Waals surface area contributed by atoms with Crippen molar-refractivity contribution in [2.45, 2.75) is 39.8 Å². The summed E-state index contributed by atoms with van der Waals surface area (Å²) in [5.41, 5.74) is 3.85. The van der Waals surface area contributed by atoms with Crippen molar-refractivity contribution in [3.63, 3.8) is 0 Å². The van der Waals surface area contributed by atoms with Gasteiger partial charge in [0.15, 0.2) is 0 Å². The third-order valence-corrected chi connectivity index (χ3v) is 7.00. The Hall–Kier alpha value is -4.27. The number of piperidine rings is 1. The minimum Gasteiger partial charge on any atom is -0.486 e. The number of hydrogen-bond donors (Lipinski definition) is 0. The molecule has 9 heteroatoms. The normalized spacial score (nSPS) is 14.5. The fourth-order valence-electron chi connectivity index (χ4n) is 5.08. The number of hydrogen-bond acceptors (Lipinski definition) is 6. The first-order chi connectivity index (χ1) is 18.0. The maximum absolute atomic E-state index is 13.2. The Morgan fingerprint density at radius 1 is 0.973 bits per heavy atom. The molecule has 5 aromatic rings. The maximum atomic E-state index is 13.2.